The molecule has 0 fully saturated rings. The quantitative estimate of drug-likeness (QED) is 0.646. The Morgan fingerprint density at radius 3 is 2.43 bits per heavy atom. The largest absolute Gasteiger partial charge is 0.460 e. The van der Waals surface area contributed by atoms with Crippen LogP contribution in [0.15, 0.2) is 42.5 Å². The van der Waals surface area contributed by atoms with Crippen molar-refractivity contribution in [2.45, 2.75) is 45.8 Å². The van der Waals surface area contributed by atoms with Crippen molar-refractivity contribution in [3.8, 4) is 0 Å². The molecule has 0 aliphatic carbocycles. The lowest BCUT2D eigenvalue weighted by atomic mass is 10.1. The van der Waals surface area contributed by atoms with Gasteiger partial charge in [0.1, 0.15) is 18.2 Å². The third-order valence-electron chi connectivity index (χ3n) is 2.82. The standard InChI is InChI=1S/C18H25NO4/c1-5-6-12-22-16(20)15(13-14-10-8-7-9-11-14)19-17(21)23-18(2,3)4/h5-11,15H,12-13H2,1-4H3,(H,19,21)/b6-5+/t15-/m0/s1. The Morgan fingerprint density at radius 2 is 1.87 bits per heavy atom. The fourth-order valence-corrected chi connectivity index (χ4v) is 1.82. The first-order valence-electron chi connectivity index (χ1n) is 7.63. The van der Waals surface area contributed by atoms with Crippen LogP contribution in [0, 0.1) is 0 Å². The first kappa shape index (κ1) is 18.7. The van der Waals surface area contributed by atoms with E-state index in [0.717, 1.165) is 5.56 Å². The Bertz CT molecular complexity index is 532. The lowest BCUT2D eigenvalue weighted by Crippen LogP contribution is -2.45. The molecule has 0 spiro atoms. The van der Waals surface area contributed by atoms with Crippen molar-refractivity contribution >= 4 is 12.1 Å². The van der Waals surface area contributed by atoms with Gasteiger partial charge in [-0.05, 0) is 33.3 Å². The Balaban J connectivity index is 2.75. The average molecular weight is 319 g/mol. The predicted octanol–water partition coefficient (Wildman–Crippen LogP) is 3.24. The van der Waals surface area contributed by atoms with E-state index < -0.39 is 23.7 Å². The van der Waals surface area contributed by atoms with Gasteiger partial charge in [0.2, 0.25) is 0 Å². The first-order valence-corrected chi connectivity index (χ1v) is 7.63. The van der Waals surface area contributed by atoms with E-state index in [-0.39, 0.29) is 6.61 Å². The zero-order valence-corrected chi connectivity index (χ0v) is 14.2. The summed E-state index contributed by atoms with van der Waals surface area (Å²) in [6, 6.07) is 8.64. The molecule has 0 heterocycles. The van der Waals surface area contributed by atoms with E-state index in [1.165, 1.54) is 0 Å². The topological polar surface area (TPSA) is 64.6 Å². The number of rotatable bonds is 6. The minimum atomic E-state index is -0.794. The van der Waals surface area contributed by atoms with Gasteiger partial charge in [-0.2, -0.15) is 0 Å². The molecule has 0 aromatic heterocycles. The van der Waals surface area contributed by atoms with Crippen LogP contribution in [0.1, 0.15) is 33.3 Å². The Kier molecular flexibility index (Phi) is 7.32. The van der Waals surface area contributed by atoms with E-state index in [2.05, 4.69) is 5.32 Å². The van der Waals surface area contributed by atoms with Crippen molar-refractivity contribution in [3.05, 3.63) is 48.0 Å². The number of nitrogens with one attached hydrogen (secondary N) is 1. The Labute approximate surface area is 137 Å². The minimum absolute atomic E-state index is 0.177. The second-order valence-corrected chi connectivity index (χ2v) is 6.09. The predicted molar refractivity (Wildman–Crippen MR) is 89.1 cm³/mol. The molecule has 1 aromatic rings. The zero-order chi connectivity index (χ0) is 17.3. The summed E-state index contributed by atoms with van der Waals surface area (Å²) in [7, 11) is 0. The molecular formula is C18H25NO4. The van der Waals surface area contributed by atoms with Crippen LogP contribution >= 0.6 is 0 Å². The van der Waals surface area contributed by atoms with Crippen LogP contribution in [-0.2, 0) is 20.7 Å². The highest BCUT2D eigenvalue weighted by atomic mass is 16.6. The number of carbonyl (C=O) groups is 2. The number of ether oxygens (including phenoxy) is 2. The number of allylic oxidation sites excluding steroid dienone is 1. The molecule has 1 aromatic carbocycles. The van der Waals surface area contributed by atoms with Crippen molar-refractivity contribution < 1.29 is 19.1 Å². The molecule has 0 saturated carbocycles. The second-order valence-electron chi connectivity index (χ2n) is 6.09. The second kappa shape index (κ2) is 8.98. The average Bonchev–Trinajstić information content (AvgIpc) is 2.46. The molecule has 0 aliphatic heterocycles. The summed E-state index contributed by atoms with van der Waals surface area (Å²) in [4.78, 5) is 24.1. The molecule has 126 valence electrons. The van der Waals surface area contributed by atoms with E-state index in [1.54, 1.807) is 32.9 Å². The number of hydrogen-bond acceptors (Lipinski definition) is 4. The van der Waals surface area contributed by atoms with Gasteiger partial charge in [0.05, 0.1) is 0 Å². The summed E-state index contributed by atoms with van der Waals surface area (Å²) in [5.74, 6) is -0.488. The van der Waals surface area contributed by atoms with Crippen LogP contribution in [0.25, 0.3) is 0 Å². The van der Waals surface area contributed by atoms with Gasteiger partial charge in [0, 0.05) is 6.42 Å². The van der Waals surface area contributed by atoms with Crippen LogP contribution < -0.4 is 5.32 Å². The van der Waals surface area contributed by atoms with Crippen LogP contribution in [0.5, 0.6) is 0 Å². The molecule has 5 heteroatoms. The number of alkyl carbamates (subject to hydrolysis) is 1. The third kappa shape index (κ3) is 8.04. The number of amides is 1. The van der Waals surface area contributed by atoms with Crippen LogP contribution in [0.3, 0.4) is 0 Å². The molecule has 0 unspecified atom stereocenters. The van der Waals surface area contributed by atoms with Crippen molar-refractivity contribution in [2.24, 2.45) is 0 Å². The van der Waals surface area contributed by atoms with Crippen LogP contribution in [0.4, 0.5) is 4.79 Å². The van der Waals surface area contributed by atoms with Gasteiger partial charge >= 0.3 is 12.1 Å². The van der Waals surface area contributed by atoms with Gasteiger partial charge in [-0.3, -0.25) is 0 Å². The van der Waals surface area contributed by atoms with Gasteiger partial charge in [-0.1, -0.05) is 42.5 Å². The smallest absolute Gasteiger partial charge is 0.408 e. The maximum Gasteiger partial charge on any atom is 0.408 e. The molecule has 1 rings (SSSR count). The highest BCUT2D eigenvalue weighted by molar-refractivity contribution is 5.81. The lowest BCUT2D eigenvalue weighted by Gasteiger charge is -2.23. The monoisotopic (exact) mass is 319 g/mol. The normalized spacial score (nSPS) is 12.7. The number of esters is 1. The maximum absolute atomic E-state index is 12.2. The zero-order valence-electron chi connectivity index (χ0n) is 14.2. The Morgan fingerprint density at radius 1 is 1.22 bits per heavy atom. The van der Waals surface area contributed by atoms with E-state index in [1.807, 2.05) is 37.3 Å². The molecule has 1 atom stereocenters. The summed E-state index contributed by atoms with van der Waals surface area (Å²) < 4.78 is 10.4. The Hall–Kier alpha value is -2.30. The molecular weight excluding hydrogens is 294 g/mol. The van der Waals surface area contributed by atoms with Crippen molar-refractivity contribution in [2.75, 3.05) is 6.61 Å². The molecule has 0 saturated heterocycles. The molecule has 1 N–H and O–H groups in total. The summed E-state index contributed by atoms with van der Waals surface area (Å²) >= 11 is 0. The summed E-state index contributed by atoms with van der Waals surface area (Å²) in [6.45, 7) is 7.32. The molecule has 0 bridgehead atoms. The fraction of sp³-hybridized carbons (Fsp3) is 0.444. The van der Waals surface area contributed by atoms with Crippen LogP contribution in [0.2, 0.25) is 0 Å². The third-order valence-corrected chi connectivity index (χ3v) is 2.82. The van der Waals surface area contributed by atoms with Crippen molar-refractivity contribution in [1.29, 1.82) is 0 Å². The van der Waals surface area contributed by atoms with Crippen molar-refractivity contribution in [3.63, 3.8) is 0 Å². The number of carbonyl (C=O) groups excluding carboxylic acids is 2. The summed E-state index contributed by atoms with van der Waals surface area (Å²) in [6.07, 6.45) is 3.22. The molecule has 23 heavy (non-hydrogen) atoms. The van der Waals surface area contributed by atoms with E-state index in [9.17, 15) is 9.59 Å². The van der Waals surface area contributed by atoms with E-state index in [0.29, 0.717) is 6.42 Å². The van der Waals surface area contributed by atoms with Gasteiger partial charge < -0.3 is 14.8 Å². The van der Waals surface area contributed by atoms with Gasteiger partial charge in [-0.25, -0.2) is 9.59 Å². The van der Waals surface area contributed by atoms with Gasteiger partial charge in [0.15, 0.2) is 0 Å². The molecule has 5 nitrogen and oxygen atoms in total. The lowest BCUT2D eigenvalue weighted by molar-refractivity contribution is -0.144. The number of hydrogen-bond donors (Lipinski definition) is 1. The highest BCUT2D eigenvalue weighted by Crippen LogP contribution is 2.09. The van der Waals surface area contributed by atoms with Crippen LogP contribution in [-0.4, -0.2) is 30.3 Å². The van der Waals surface area contributed by atoms with E-state index in [4.69, 9.17) is 9.47 Å². The summed E-state index contributed by atoms with van der Waals surface area (Å²) in [5.41, 5.74) is 0.299. The van der Waals surface area contributed by atoms with Gasteiger partial charge in [0.25, 0.3) is 0 Å². The highest BCUT2D eigenvalue weighted by Gasteiger charge is 2.25. The molecule has 1 amide bonds. The molecule has 0 radical (unpaired) electrons. The number of benzene rings is 1. The van der Waals surface area contributed by atoms with Crippen molar-refractivity contribution in [1.82, 2.24) is 5.32 Å². The molecule has 0 aliphatic rings. The summed E-state index contributed by atoms with van der Waals surface area (Å²) in [5, 5.41) is 2.59. The minimum Gasteiger partial charge on any atom is -0.460 e. The SMILES string of the molecule is C/C=C/COC(=O)[C@H](Cc1ccccc1)NC(=O)OC(C)(C)C. The first-order chi connectivity index (χ1) is 10.8. The van der Waals surface area contributed by atoms with Gasteiger partial charge in [-0.15, -0.1) is 0 Å². The van der Waals surface area contributed by atoms with E-state index >= 15 is 0 Å². The maximum atomic E-state index is 12.2. The fourth-order valence-electron chi connectivity index (χ4n) is 1.82.